The predicted octanol–water partition coefficient (Wildman–Crippen LogP) is 4.82. The summed E-state index contributed by atoms with van der Waals surface area (Å²) in [6, 6.07) is 20.7. The molecule has 0 amide bonds. The summed E-state index contributed by atoms with van der Waals surface area (Å²) in [6.07, 6.45) is 3.68. The third-order valence-electron chi connectivity index (χ3n) is 5.22. The van der Waals surface area contributed by atoms with Gasteiger partial charge in [-0.2, -0.15) is 17.9 Å². The predicted molar refractivity (Wildman–Crippen MR) is 120 cm³/mol. The van der Waals surface area contributed by atoms with E-state index < -0.39 is 16.1 Å². The van der Waals surface area contributed by atoms with Gasteiger partial charge in [0, 0.05) is 23.8 Å². The van der Waals surface area contributed by atoms with Gasteiger partial charge in [-0.25, -0.2) is 0 Å². The van der Waals surface area contributed by atoms with Gasteiger partial charge in [0.05, 0.1) is 27.7 Å². The molecule has 5 rings (SSSR count). The number of halogens is 1. The van der Waals surface area contributed by atoms with Crippen molar-refractivity contribution in [3.63, 3.8) is 0 Å². The van der Waals surface area contributed by atoms with Crippen LogP contribution in [0, 0.1) is 0 Å². The number of rotatable bonds is 4. The molecule has 3 aromatic carbocycles. The summed E-state index contributed by atoms with van der Waals surface area (Å²) in [5.41, 5.74) is 3.78. The Labute approximate surface area is 184 Å². The van der Waals surface area contributed by atoms with E-state index in [4.69, 9.17) is 11.6 Å². The van der Waals surface area contributed by atoms with Gasteiger partial charge < -0.3 is 0 Å². The van der Waals surface area contributed by atoms with Crippen molar-refractivity contribution in [2.24, 2.45) is 5.10 Å². The second-order valence-electron chi connectivity index (χ2n) is 7.17. The minimum absolute atomic E-state index is 0.196. The summed E-state index contributed by atoms with van der Waals surface area (Å²) >= 11 is 6.02. The average molecular weight is 449 g/mol. The van der Waals surface area contributed by atoms with Gasteiger partial charge in [0.1, 0.15) is 0 Å². The van der Waals surface area contributed by atoms with Crippen molar-refractivity contribution in [1.82, 2.24) is 14.4 Å². The molecule has 0 fully saturated rings. The molecule has 8 heteroatoms. The molecule has 0 saturated carbocycles. The second kappa shape index (κ2) is 7.76. The van der Waals surface area contributed by atoms with Gasteiger partial charge in [0.2, 0.25) is 0 Å². The number of hydrogen-bond acceptors (Lipinski definition) is 5. The van der Waals surface area contributed by atoms with E-state index in [1.54, 1.807) is 54.9 Å². The third kappa shape index (κ3) is 3.66. The Kier molecular flexibility index (Phi) is 4.92. The monoisotopic (exact) mass is 448 g/mol. The maximum Gasteiger partial charge on any atom is 0.279 e. The number of benzene rings is 3. The van der Waals surface area contributed by atoms with Crippen molar-refractivity contribution >= 4 is 38.4 Å². The topological polar surface area (TPSA) is 75.5 Å². The molecule has 31 heavy (non-hydrogen) atoms. The van der Waals surface area contributed by atoms with Crippen LogP contribution in [-0.4, -0.2) is 28.5 Å². The minimum atomic E-state index is -3.85. The molecule has 0 N–H and O–H groups in total. The van der Waals surface area contributed by atoms with Gasteiger partial charge in [-0.05, 0) is 47.5 Å². The zero-order valence-corrected chi connectivity index (χ0v) is 17.8. The molecule has 0 bridgehead atoms. The van der Waals surface area contributed by atoms with Crippen molar-refractivity contribution in [3.8, 4) is 0 Å². The van der Waals surface area contributed by atoms with Crippen LogP contribution in [0.15, 0.2) is 95.2 Å². The second-order valence-corrected chi connectivity index (χ2v) is 9.40. The molecule has 1 aliphatic rings. The number of hydrazone groups is 1. The van der Waals surface area contributed by atoms with Crippen LogP contribution in [0.2, 0.25) is 5.02 Å². The van der Waals surface area contributed by atoms with Gasteiger partial charge in [0.15, 0.2) is 0 Å². The number of hydrogen-bond donors (Lipinski definition) is 0. The van der Waals surface area contributed by atoms with Crippen molar-refractivity contribution < 1.29 is 8.42 Å². The lowest BCUT2D eigenvalue weighted by Crippen LogP contribution is -2.27. The lowest BCUT2D eigenvalue weighted by Gasteiger charge is -2.23. The van der Waals surface area contributed by atoms with Gasteiger partial charge in [-0.15, -0.1) is 0 Å². The maximum atomic E-state index is 13.5. The summed E-state index contributed by atoms with van der Waals surface area (Å²) in [6.45, 7) is 0. The summed E-state index contributed by atoms with van der Waals surface area (Å²) < 4.78 is 28.2. The normalized spacial score (nSPS) is 16.5. The molecule has 154 valence electrons. The van der Waals surface area contributed by atoms with E-state index in [9.17, 15) is 8.42 Å². The lowest BCUT2D eigenvalue weighted by atomic mass is 9.99. The molecule has 0 aliphatic carbocycles. The fourth-order valence-corrected chi connectivity index (χ4v) is 5.24. The highest BCUT2D eigenvalue weighted by atomic mass is 35.5. The summed E-state index contributed by atoms with van der Waals surface area (Å²) in [4.78, 5) is 8.86. The van der Waals surface area contributed by atoms with E-state index in [1.807, 2.05) is 30.3 Å². The zero-order chi connectivity index (χ0) is 21.4. The van der Waals surface area contributed by atoms with Crippen LogP contribution in [0.3, 0.4) is 0 Å². The van der Waals surface area contributed by atoms with Gasteiger partial charge in [-0.1, -0.05) is 48.0 Å². The molecule has 0 unspecified atom stereocenters. The van der Waals surface area contributed by atoms with E-state index in [2.05, 4.69) is 15.1 Å². The molecular weight excluding hydrogens is 432 g/mol. The first-order valence-corrected chi connectivity index (χ1v) is 11.5. The van der Waals surface area contributed by atoms with Crippen molar-refractivity contribution in [1.29, 1.82) is 0 Å². The lowest BCUT2D eigenvalue weighted by molar-refractivity contribution is 0.371. The van der Waals surface area contributed by atoms with Gasteiger partial charge in [-0.3, -0.25) is 9.97 Å². The van der Waals surface area contributed by atoms with Crippen LogP contribution in [0.4, 0.5) is 0 Å². The molecule has 0 radical (unpaired) electrons. The first-order valence-electron chi connectivity index (χ1n) is 9.66. The van der Waals surface area contributed by atoms with Crippen molar-refractivity contribution in [2.45, 2.75) is 17.4 Å². The quantitative estimate of drug-likeness (QED) is 0.448. The molecule has 1 atom stereocenters. The first kappa shape index (κ1) is 19.7. The first-order chi connectivity index (χ1) is 15.0. The zero-order valence-electron chi connectivity index (χ0n) is 16.3. The molecule has 1 aliphatic heterocycles. The number of fused-ring (bicyclic) bond motifs is 1. The standard InChI is InChI=1S/C23H17ClN4O2S/c24-18-9-6-16(7-10-18)21-15-23(17-8-11-20-22(14-17)26-13-12-25-20)28(27-21)31(29,30)19-4-2-1-3-5-19/h1-14,23H,15H2/t23-/m0/s1. The van der Waals surface area contributed by atoms with Crippen molar-refractivity contribution in [3.05, 3.63) is 101 Å². The van der Waals surface area contributed by atoms with E-state index >= 15 is 0 Å². The largest absolute Gasteiger partial charge is 0.279 e. The SMILES string of the molecule is O=S(=O)(c1ccccc1)N1N=C(c2ccc(Cl)cc2)C[C@H]1c1ccc2nccnc2c1. The third-order valence-corrected chi connectivity index (χ3v) is 7.16. The Morgan fingerprint density at radius 2 is 1.58 bits per heavy atom. The highest BCUT2D eigenvalue weighted by molar-refractivity contribution is 7.89. The highest BCUT2D eigenvalue weighted by Gasteiger charge is 2.37. The summed E-state index contributed by atoms with van der Waals surface area (Å²) in [5, 5.41) is 5.17. The van der Waals surface area contributed by atoms with E-state index in [1.165, 1.54) is 4.41 Å². The van der Waals surface area contributed by atoms with Crippen LogP contribution >= 0.6 is 11.6 Å². The molecular formula is C23H17ClN4O2S. The van der Waals surface area contributed by atoms with Crippen LogP contribution in [0.1, 0.15) is 23.6 Å². The molecule has 4 aromatic rings. The average Bonchev–Trinajstić information content (AvgIpc) is 3.26. The smallest absolute Gasteiger partial charge is 0.253 e. The minimum Gasteiger partial charge on any atom is -0.253 e. The Morgan fingerprint density at radius 3 is 2.32 bits per heavy atom. The van der Waals surface area contributed by atoms with Crippen LogP contribution in [0.25, 0.3) is 11.0 Å². The van der Waals surface area contributed by atoms with Gasteiger partial charge >= 0.3 is 0 Å². The van der Waals surface area contributed by atoms with E-state index in [0.29, 0.717) is 22.7 Å². The Morgan fingerprint density at radius 1 is 0.871 bits per heavy atom. The fraction of sp³-hybridized carbons (Fsp3) is 0.0870. The Hall–Kier alpha value is -3.29. The van der Waals surface area contributed by atoms with Crippen LogP contribution < -0.4 is 0 Å². The van der Waals surface area contributed by atoms with E-state index in [-0.39, 0.29) is 4.90 Å². The summed E-state index contributed by atoms with van der Waals surface area (Å²) in [5.74, 6) is 0. The molecule has 0 spiro atoms. The summed E-state index contributed by atoms with van der Waals surface area (Å²) in [7, 11) is -3.85. The van der Waals surface area contributed by atoms with Gasteiger partial charge in [0.25, 0.3) is 10.0 Å². The Balaban J connectivity index is 1.62. The molecule has 1 aromatic heterocycles. The molecule has 6 nitrogen and oxygen atoms in total. The highest BCUT2D eigenvalue weighted by Crippen LogP contribution is 2.37. The van der Waals surface area contributed by atoms with E-state index in [0.717, 1.165) is 16.6 Å². The Bertz CT molecular complexity index is 1390. The fourth-order valence-electron chi connectivity index (χ4n) is 3.66. The van der Waals surface area contributed by atoms with Crippen LogP contribution in [-0.2, 0) is 10.0 Å². The maximum absolute atomic E-state index is 13.5. The number of sulfonamides is 1. The van der Waals surface area contributed by atoms with Crippen LogP contribution in [0.5, 0.6) is 0 Å². The number of aromatic nitrogens is 2. The molecule has 2 heterocycles. The molecule has 0 saturated heterocycles. The van der Waals surface area contributed by atoms with Crippen molar-refractivity contribution in [2.75, 3.05) is 0 Å². The number of nitrogens with zero attached hydrogens (tertiary/aromatic N) is 4.